The van der Waals surface area contributed by atoms with Crippen LogP contribution in [0.1, 0.15) is 15.9 Å². The molecule has 0 aliphatic carbocycles. The molecule has 2 aromatic carbocycles. The Hall–Kier alpha value is -1.58. The fraction of sp³-hybridized carbons (Fsp3) is 0.133. The number of carbonyl (C=O) groups is 1. The van der Waals surface area contributed by atoms with E-state index in [1.54, 1.807) is 37.4 Å². The molecule has 2 nitrogen and oxygen atoms in total. The first-order chi connectivity index (χ1) is 9.49. The third kappa shape index (κ3) is 3.30. The van der Waals surface area contributed by atoms with Crippen LogP contribution < -0.4 is 0 Å². The van der Waals surface area contributed by atoms with E-state index in [1.165, 1.54) is 17.0 Å². The fourth-order valence-electron chi connectivity index (χ4n) is 1.83. The Kier molecular flexibility index (Phi) is 4.63. The second-order valence-corrected chi connectivity index (χ2v) is 5.20. The summed E-state index contributed by atoms with van der Waals surface area (Å²) in [4.78, 5) is 13.8. The normalized spacial score (nSPS) is 10.4. The Labute approximate surface area is 126 Å². The molecular weight excluding hydrogens is 300 g/mol. The van der Waals surface area contributed by atoms with Crippen LogP contribution in [0.4, 0.5) is 4.39 Å². The van der Waals surface area contributed by atoms with Crippen molar-refractivity contribution in [3.05, 3.63) is 69.5 Å². The average Bonchev–Trinajstić information content (AvgIpc) is 2.41. The van der Waals surface area contributed by atoms with Crippen LogP contribution in [0, 0.1) is 5.82 Å². The second kappa shape index (κ2) is 6.25. The standard InChI is InChI=1S/C15H12Cl2FNO/c1-19(9-10-5-7-11(18)8-6-10)15(20)14-12(16)3-2-4-13(14)17/h2-8H,9H2,1H3. The van der Waals surface area contributed by atoms with E-state index in [4.69, 9.17) is 23.2 Å². The van der Waals surface area contributed by atoms with Crippen LogP contribution in [0.5, 0.6) is 0 Å². The van der Waals surface area contributed by atoms with Gasteiger partial charge in [0.15, 0.2) is 0 Å². The van der Waals surface area contributed by atoms with E-state index in [2.05, 4.69) is 0 Å². The molecule has 0 unspecified atom stereocenters. The van der Waals surface area contributed by atoms with Gasteiger partial charge in [0.25, 0.3) is 5.91 Å². The summed E-state index contributed by atoms with van der Waals surface area (Å²) < 4.78 is 12.8. The molecule has 2 rings (SSSR count). The van der Waals surface area contributed by atoms with E-state index in [-0.39, 0.29) is 17.3 Å². The van der Waals surface area contributed by atoms with Gasteiger partial charge >= 0.3 is 0 Å². The van der Waals surface area contributed by atoms with Gasteiger partial charge in [-0.2, -0.15) is 0 Å². The lowest BCUT2D eigenvalue weighted by atomic mass is 10.1. The Morgan fingerprint density at radius 3 is 2.20 bits per heavy atom. The van der Waals surface area contributed by atoms with Crippen molar-refractivity contribution in [2.75, 3.05) is 7.05 Å². The van der Waals surface area contributed by atoms with Crippen molar-refractivity contribution in [1.82, 2.24) is 4.90 Å². The van der Waals surface area contributed by atoms with E-state index >= 15 is 0 Å². The van der Waals surface area contributed by atoms with E-state index in [0.717, 1.165) is 5.56 Å². The van der Waals surface area contributed by atoms with Crippen molar-refractivity contribution in [3.63, 3.8) is 0 Å². The minimum atomic E-state index is -0.308. The Morgan fingerprint density at radius 1 is 1.10 bits per heavy atom. The number of amides is 1. The summed E-state index contributed by atoms with van der Waals surface area (Å²) in [5.74, 6) is -0.582. The predicted molar refractivity (Wildman–Crippen MR) is 78.7 cm³/mol. The predicted octanol–water partition coefficient (Wildman–Crippen LogP) is 4.40. The van der Waals surface area contributed by atoms with Crippen LogP contribution in [0.15, 0.2) is 42.5 Å². The molecule has 0 atom stereocenters. The van der Waals surface area contributed by atoms with E-state index < -0.39 is 0 Å². The number of carbonyl (C=O) groups excluding carboxylic acids is 1. The number of rotatable bonds is 3. The first-order valence-corrected chi connectivity index (χ1v) is 6.68. The molecule has 0 N–H and O–H groups in total. The summed E-state index contributed by atoms with van der Waals surface area (Å²) in [6.07, 6.45) is 0. The summed E-state index contributed by atoms with van der Waals surface area (Å²) in [6, 6.07) is 10.9. The molecule has 0 saturated heterocycles. The maximum Gasteiger partial charge on any atom is 0.256 e. The highest BCUT2D eigenvalue weighted by atomic mass is 35.5. The van der Waals surface area contributed by atoms with Crippen molar-refractivity contribution < 1.29 is 9.18 Å². The minimum absolute atomic E-state index is 0.273. The van der Waals surface area contributed by atoms with Gasteiger partial charge in [0, 0.05) is 13.6 Å². The Balaban J connectivity index is 2.18. The topological polar surface area (TPSA) is 20.3 Å². The number of hydrogen-bond acceptors (Lipinski definition) is 1. The molecule has 0 heterocycles. The monoisotopic (exact) mass is 311 g/mol. The van der Waals surface area contributed by atoms with Crippen LogP contribution in [-0.2, 0) is 6.54 Å². The van der Waals surface area contributed by atoms with E-state index in [9.17, 15) is 9.18 Å². The molecule has 0 aliphatic heterocycles. The van der Waals surface area contributed by atoms with E-state index in [0.29, 0.717) is 16.6 Å². The van der Waals surface area contributed by atoms with Gasteiger partial charge in [-0.05, 0) is 29.8 Å². The molecule has 20 heavy (non-hydrogen) atoms. The van der Waals surface area contributed by atoms with Gasteiger partial charge in [0.05, 0.1) is 15.6 Å². The van der Waals surface area contributed by atoms with Gasteiger partial charge in [-0.3, -0.25) is 4.79 Å². The highest BCUT2D eigenvalue weighted by molar-refractivity contribution is 6.39. The third-order valence-electron chi connectivity index (χ3n) is 2.86. The molecule has 0 radical (unpaired) electrons. The maximum absolute atomic E-state index is 12.8. The van der Waals surface area contributed by atoms with Crippen LogP contribution in [0.25, 0.3) is 0 Å². The summed E-state index contributed by atoms with van der Waals surface area (Å²) in [5.41, 5.74) is 1.10. The molecule has 0 spiro atoms. The number of nitrogens with zero attached hydrogens (tertiary/aromatic N) is 1. The van der Waals surface area contributed by atoms with Gasteiger partial charge in [-0.1, -0.05) is 41.4 Å². The Bertz CT molecular complexity index is 608. The quantitative estimate of drug-likeness (QED) is 0.822. The molecule has 0 aliphatic rings. The van der Waals surface area contributed by atoms with Crippen molar-refractivity contribution in [2.45, 2.75) is 6.54 Å². The van der Waals surface area contributed by atoms with Gasteiger partial charge in [0.2, 0.25) is 0 Å². The van der Waals surface area contributed by atoms with Gasteiger partial charge in [-0.25, -0.2) is 4.39 Å². The number of halogens is 3. The van der Waals surface area contributed by atoms with Crippen LogP contribution >= 0.6 is 23.2 Å². The zero-order chi connectivity index (χ0) is 14.7. The zero-order valence-corrected chi connectivity index (χ0v) is 12.2. The summed E-state index contributed by atoms with van der Waals surface area (Å²) in [7, 11) is 1.64. The van der Waals surface area contributed by atoms with Gasteiger partial charge in [-0.15, -0.1) is 0 Å². The molecule has 0 fully saturated rings. The van der Waals surface area contributed by atoms with Crippen molar-refractivity contribution in [1.29, 1.82) is 0 Å². The molecule has 2 aromatic rings. The van der Waals surface area contributed by atoms with Gasteiger partial charge in [0.1, 0.15) is 5.82 Å². The van der Waals surface area contributed by atoms with Crippen LogP contribution in [0.2, 0.25) is 10.0 Å². The number of hydrogen-bond donors (Lipinski definition) is 0. The van der Waals surface area contributed by atoms with Crippen LogP contribution in [-0.4, -0.2) is 17.9 Å². The average molecular weight is 312 g/mol. The Morgan fingerprint density at radius 2 is 1.65 bits per heavy atom. The highest BCUT2D eigenvalue weighted by Gasteiger charge is 2.18. The third-order valence-corrected chi connectivity index (χ3v) is 3.49. The summed E-state index contributed by atoms with van der Waals surface area (Å²) in [5, 5.41) is 0.627. The maximum atomic E-state index is 12.8. The zero-order valence-electron chi connectivity index (χ0n) is 10.7. The fourth-order valence-corrected chi connectivity index (χ4v) is 2.39. The molecular formula is C15H12Cl2FNO. The molecule has 0 aromatic heterocycles. The number of benzene rings is 2. The molecule has 0 bridgehead atoms. The van der Waals surface area contributed by atoms with Crippen molar-refractivity contribution in [3.8, 4) is 0 Å². The lowest BCUT2D eigenvalue weighted by molar-refractivity contribution is 0.0785. The first kappa shape index (κ1) is 14.8. The van der Waals surface area contributed by atoms with Crippen molar-refractivity contribution in [2.24, 2.45) is 0 Å². The van der Waals surface area contributed by atoms with Gasteiger partial charge < -0.3 is 4.90 Å². The first-order valence-electron chi connectivity index (χ1n) is 5.93. The largest absolute Gasteiger partial charge is 0.337 e. The molecule has 0 saturated carbocycles. The molecule has 5 heteroatoms. The smallest absolute Gasteiger partial charge is 0.256 e. The summed E-state index contributed by atoms with van der Waals surface area (Å²) in [6.45, 7) is 0.348. The highest BCUT2D eigenvalue weighted by Crippen LogP contribution is 2.25. The minimum Gasteiger partial charge on any atom is -0.337 e. The second-order valence-electron chi connectivity index (χ2n) is 4.38. The van der Waals surface area contributed by atoms with Crippen molar-refractivity contribution >= 4 is 29.1 Å². The lowest BCUT2D eigenvalue weighted by Crippen LogP contribution is -2.26. The van der Waals surface area contributed by atoms with E-state index in [1.807, 2.05) is 0 Å². The lowest BCUT2D eigenvalue weighted by Gasteiger charge is -2.18. The van der Waals surface area contributed by atoms with Crippen LogP contribution in [0.3, 0.4) is 0 Å². The summed E-state index contributed by atoms with van der Waals surface area (Å²) >= 11 is 12.0. The SMILES string of the molecule is CN(Cc1ccc(F)cc1)C(=O)c1c(Cl)cccc1Cl. The molecule has 1 amide bonds. The molecule has 104 valence electrons.